The van der Waals surface area contributed by atoms with Gasteiger partial charge in [0.2, 0.25) is 0 Å². The third kappa shape index (κ3) is 3.59. The Kier molecular flexibility index (Phi) is 5.63. The molecule has 4 heterocycles. The molecule has 2 saturated heterocycles. The maximum Gasteiger partial charge on any atom is 0.328 e. The normalized spacial score (nSPS) is 24.0. The van der Waals surface area contributed by atoms with Gasteiger partial charge in [-0.25, -0.2) is 9.18 Å². The van der Waals surface area contributed by atoms with Crippen LogP contribution >= 0.6 is 0 Å². The monoisotopic (exact) mass is 506 g/mol. The number of halogens is 1. The van der Waals surface area contributed by atoms with Crippen LogP contribution in [0.25, 0.3) is 10.9 Å². The molecule has 0 bridgehead atoms. The Labute approximate surface area is 214 Å². The topological polar surface area (TPSA) is 89.1 Å². The van der Waals surface area contributed by atoms with E-state index in [-0.39, 0.29) is 29.9 Å². The number of ether oxygens (including phenoxy) is 1. The molecule has 2 aromatic carbocycles. The first-order valence-electron chi connectivity index (χ1n) is 12.9. The minimum Gasteiger partial charge on any atom is -0.508 e. The van der Waals surface area contributed by atoms with Gasteiger partial charge in [-0.15, -0.1) is 0 Å². The molecule has 0 aliphatic carbocycles. The van der Waals surface area contributed by atoms with E-state index in [1.807, 2.05) is 6.07 Å². The highest BCUT2D eigenvalue weighted by Gasteiger charge is 2.60. The van der Waals surface area contributed by atoms with E-state index in [0.717, 1.165) is 25.9 Å². The molecule has 8 nitrogen and oxygen atoms in total. The molecule has 3 aliphatic rings. The number of carbonyl (C=O) groups is 2. The SMILES string of the molecule is COc1ccc2[nH]c3c(c2c1F)C[C@@]1(C)C(=O)N(CCN2CCCCC2)C(=O)N1[C@@H]3c1cccc(O)c1. The number of aromatic amines is 1. The van der Waals surface area contributed by atoms with Crippen molar-refractivity contribution in [2.75, 3.05) is 33.3 Å². The van der Waals surface area contributed by atoms with Gasteiger partial charge in [0, 0.05) is 36.1 Å². The summed E-state index contributed by atoms with van der Waals surface area (Å²) in [7, 11) is 1.42. The standard InChI is InChI=1S/C28H31FN4O4/c1-28-16-19-22-20(9-10-21(37-2)23(22)29)30-24(19)25(17-7-6-8-18(34)15-17)33(28)27(36)32(26(28)35)14-13-31-11-4-3-5-12-31/h6-10,15,25,30,34H,3-5,11-14,16H2,1-2H3/t25-,28+/m1/s1. The number of phenolic OH excluding ortho intramolecular Hbond substituents is 1. The zero-order valence-corrected chi connectivity index (χ0v) is 21.1. The van der Waals surface area contributed by atoms with E-state index in [1.54, 1.807) is 42.2 Å². The second-order valence-corrected chi connectivity index (χ2v) is 10.5. The predicted octanol–water partition coefficient (Wildman–Crippen LogP) is 4.18. The Hall–Kier alpha value is -3.59. The van der Waals surface area contributed by atoms with E-state index < -0.39 is 17.4 Å². The largest absolute Gasteiger partial charge is 0.508 e. The number of nitrogens with one attached hydrogen (secondary N) is 1. The number of hydrogen-bond acceptors (Lipinski definition) is 5. The first-order valence-corrected chi connectivity index (χ1v) is 12.9. The summed E-state index contributed by atoms with van der Waals surface area (Å²) >= 11 is 0. The van der Waals surface area contributed by atoms with Crippen molar-refractivity contribution < 1.29 is 23.8 Å². The number of carbonyl (C=O) groups excluding carboxylic acids is 2. The van der Waals surface area contributed by atoms with Crippen molar-refractivity contribution in [2.24, 2.45) is 0 Å². The van der Waals surface area contributed by atoms with Gasteiger partial charge in [-0.3, -0.25) is 14.6 Å². The van der Waals surface area contributed by atoms with Gasteiger partial charge in [0.15, 0.2) is 11.6 Å². The predicted molar refractivity (Wildman–Crippen MR) is 136 cm³/mol. The van der Waals surface area contributed by atoms with Crippen LogP contribution in [0.3, 0.4) is 0 Å². The van der Waals surface area contributed by atoms with E-state index in [0.29, 0.717) is 40.8 Å². The minimum absolute atomic E-state index is 0.0511. The van der Waals surface area contributed by atoms with Crippen molar-refractivity contribution >= 4 is 22.8 Å². The molecule has 3 aromatic rings. The molecule has 2 N–H and O–H groups in total. The Bertz CT molecular complexity index is 1400. The molecule has 194 valence electrons. The van der Waals surface area contributed by atoms with Crippen molar-refractivity contribution in [3.05, 3.63) is 59.0 Å². The first-order chi connectivity index (χ1) is 17.8. The van der Waals surface area contributed by atoms with Crippen molar-refractivity contribution in [3.8, 4) is 11.5 Å². The van der Waals surface area contributed by atoms with E-state index in [4.69, 9.17) is 4.74 Å². The number of methoxy groups -OCH3 is 1. The molecule has 0 radical (unpaired) electrons. The molecule has 3 aliphatic heterocycles. The van der Waals surface area contributed by atoms with Crippen LogP contribution in [-0.2, 0) is 11.2 Å². The fraction of sp³-hybridized carbons (Fsp3) is 0.429. The zero-order valence-electron chi connectivity index (χ0n) is 21.1. The third-order valence-electron chi connectivity index (χ3n) is 8.22. The second-order valence-electron chi connectivity index (χ2n) is 10.5. The minimum atomic E-state index is -1.20. The van der Waals surface area contributed by atoms with Crippen molar-refractivity contribution in [1.82, 2.24) is 19.7 Å². The van der Waals surface area contributed by atoms with Gasteiger partial charge < -0.3 is 19.7 Å². The van der Waals surface area contributed by atoms with E-state index in [9.17, 15) is 14.7 Å². The van der Waals surface area contributed by atoms with Gasteiger partial charge >= 0.3 is 6.03 Å². The maximum atomic E-state index is 15.6. The van der Waals surface area contributed by atoms with Gasteiger partial charge in [0.05, 0.1) is 7.11 Å². The summed E-state index contributed by atoms with van der Waals surface area (Å²) in [4.78, 5) is 36.5. The number of phenols is 1. The fourth-order valence-electron chi connectivity index (χ4n) is 6.37. The molecular weight excluding hydrogens is 475 g/mol. The molecule has 6 rings (SSSR count). The summed E-state index contributed by atoms with van der Waals surface area (Å²) in [5, 5.41) is 10.6. The number of fused-ring (bicyclic) bond motifs is 4. The summed E-state index contributed by atoms with van der Waals surface area (Å²) in [6, 6.07) is 8.92. The average Bonchev–Trinajstić information content (AvgIpc) is 3.34. The molecule has 37 heavy (non-hydrogen) atoms. The van der Waals surface area contributed by atoms with Crippen LogP contribution in [0.5, 0.6) is 11.5 Å². The average molecular weight is 507 g/mol. The van der Waals surface area contributed by atoms with E-state index >= 15 is 4.39 Å². The molecule has 2 atom stereocenters. The molecule has 0 saturated carbocycles. The lowest BCUT2D eigenvalue weighted by molar-refractivity contribution is -0.133. The fourth-order valence-corrected chi connectivity index (χ4v) is 6.37. The van der Waals surface area contributed by atoms with E-state index in [2.05, 4.69) is 9.88 Å². The number of urea groups is 1. The second kappa shape index (κ2) is 8.76. The van der Waals surface area contributed by atoms with Gasteiger partial charge in [-0.05, 0) is 68.2 Å². The van der Waals surface area contributed by atoms with Gasteiger partial charge in [-0.2, -0.15) is 0 Å². The number of aromatic nitrogens is 1. The Morgan fingerprint density at radius 1 is 1.14 bits per heavy atom. The van der Waals surface area contributed by atoms with Crippen LogP contribution in [0.15, 0.2) is 36.4 Å². The number of aromatic hydroxyl groups is 1. The van der Waals surface area contributed by atoms with Crippen LogP contribution in [0.4, 0.5) is 9.18 Å². The van der Waals surface area contributed by atoms with Gasteiger partial charge in [-0.1, -0.05) is 18.6 Å². The Morgan fingerprint density at radius 2 is 1.92 bits per heavy atom. The summed E-state index contributed by atoms with van der Waals surface area (Å²) < 4.78 is 20.8. The Morgan fingerprint density at radius 3 is 2.65 bits per heavy atom. The zero-order chi connectivity index (χ0) is 25.9. The van der Waals surface area contributed by atoms with Gasteiger partial charge in [0.1, 0.15) is 17.3 Å². The van der Waals surface area contributed by atoms with Gasteiger partial charge in [0.25, 0.3) is 5.91 Å². The smallest absolute Gasteiger partial charge is 0.328 e. The summed E-state index contributed by atoms with van der Waals surface area (Å²) in [6.07, 6.45) is 3.64. The van der Waals surface area contributed by atoms with E-state index in [1.165, 1.54) is 18.4 Å². The van der Waals surface area contributed by atoms with Crippen LogP contribution < -0.4 is 4.74 Å². The third-order valence-corrected chi connectivity index (χ3v) is 8.22. The number of nitrogens with zero attached hydrogens (tertiary/aromatic N) is 3. The summed E-state index contributed by atoms with van der Waals surface area (Å²) in [6.45, 7) is 4.66. The molecule has 2 fully saturated rings. The summed E-state index contributed by atoms with van der Waals surface area (Å²) in [5.41, 5.74) is 1.30. The summed E-state index contributed by atoms with van der Waals surface area (Å²) in [5.74, 6) is -0.603. The molecule has 0 unspecified atom stereocenters. The van der Waals surface area contributed by atoms with Crippen molar-refractivity contribution in [3.63, 3.8) is 0 Å². The first kappa shape index (κ1) is 23.8. The number of H-pyrrole nitrogens is 1. The highest BCUT2D eigenvalue weighted by atomic mass is 19.1. The molecule has 1 aromatic heterocycles. The number of imide groups is 1. The number of piperidine rings is 1. The van der Waals surface area contributed by atoms with Crippen LogP contribution in [-0.4, -0.2) is 75.6 Å². The van der Waals surface area contributed by atoms with Crippen molar-refractivity contribution in [2.45, 2.75) is 44.2 Å². The number of amides is 3. The van der Waals surface area contributed by atoms with Crippen LogP contribution in [0, 0.1) is 5.82 Å². The molecule has 3 amide bonds. The molecular formula is C28H31FN4O4. The highest BCUT2D eigenvalue weighted by molar-refractivity contribution is 6.08. The number of hydrogen-bond donors (Lipinski definition) is 2. The lowest BCUT2D eigenvalue weighted by Crippen LogP contribution is -2.53. The van der Waals surface area contributed by atoms with Crippen LogP contribution in [0.2, 0.25) is 0 Å². The number of likely N-dealkylation sites (tertiary alicyclic amines) is 1. The highest BCUT2D eigenvalue weighted by Crippen LogP contribution is 2.49. The molecule has 0 spiro atoms. The number of rotatable bonds is 5. The van der Waals surface area contributed by atoms with Crippen LogP contribution in [0.1, 0.15) is 49.0 Å². The Balaban J connectivity index is 1.47. The quantitative estimate of drug-likeness (QED) is 0.507. The maximum absolute atomic E-state index is 15.6. The lowest BCUT2D eigenvalue weighted by atomic mass is 9.81. The molecule has 9 heteroatoms. The number of benzene rings is 2. The van der Waals surface area contributed by atoms with Crippen molar-refractivity contribution in [1.29, 1.82) is 0 Å². The lowest BCUT2D eigenvalue weighted by Gasteiger charge is -2.42.